The van der Waals surface area contributed by atoms with Gasteiger partial charge in [0.15, 0.2) is 0 Å². The summed E-state index contributed by atoms with van der Waals surface area (Å²) >= 11 is 3.44. The highest BCUT2D eigenvalue weighted by atomic mass is 79.9. The molecule has 0 aliphatic carbocycles. The first kappa shape index (κ1) is 15.9. The second kappa shape index (κ2) is 8.03. The van der Waals surface area contributed by atoms with E-state index in [1.807, 2.05) is 18.2 Å². The van der Waals surface area contributed by atoms with Crippen molar-refractivity contribution in [3.63, 3.8) is 0 Å². The SMILES string of the molecule is Cl.NCC(O)c1cccc(Br)c1CCCO. The summed E-state index contributed by atoms with van der Waals surface area (Å²) < 4.78 is 0.959. The van der Waals surface area contributed by atoms with Crippen LogP contribution in [0, 0.1) is 0 Å². The van der Waals surface area contributed by atoms with E-state index in [4.69, 9.17) is 10.8 Å². The number of hydrogen-bond acceptors (Lipinski definition) is 3. The number of halogens is 2. The maximum absolute atomic E-state index is 9.73. The second-order valence-electron chi connectivity index (χ2n) is 3.39. The summed E-state index contributed by atoms with van der Waals surface area (Å²) in [6, 6.07) is 5.68. The normalized spacial score (nSPS) is 12.0. The van der Waals surface area contributed by atoms with Crippen molar-refractivity contribution in [2.45, 2.75) is 18.9 Å². The van der Waals surface area contributed by atoms with Crippen molar-refractivity contribution in [2.75, 3.05) is 13.2 Å². The first-order valence-corrected chi connectivity index (χ1v) is 5.76. The van der Waals surface area contributed by atoms with E-state index in [9.17, 15) is 5.11 Å². The lowest BCUT2D eigenvalue weighted by Crippen LogP contribution is -2.14. The van der Waals surface area contributed by atoms with Crippen LogP contribution >= 0.6 is 28.3 Å². The zero-order chi connectivity index (χ0) is 11.3. The molecule has 0 aromatic heterocycles. The van der Waals surface area contributed by atoms with Crippen molar-refractivity contribution in [2.24, 2.45) is 5.73 Å². The van der Waals surface area contributed by atoms with Gasteiger partial charge < -0.3 is 15.9 Å². The van der Waals surface area contributed by atoms with Crippen LogP contribution in [0.2, 0.25) is 0 Å². The summed E-state index contributed by atoms with van der Waals surface area (Å²) in [4.78, 5) is 0. The molecule has 0 fully saturated rings. The molecule has 0 aliphatic rings. The van der Waals surface area contributed by atoms with Gasteiger partial charge in [-0.15, -0.1) is 12.4 Å². The van der Waals surface area contributed by atoms with Crippen LogP contribution in [0.3, 0.4) is 0 Å². The van der Waals surface area contributed by atoms with E-state index in [0.717, 1.165) is 22.0 Å². The first-order valence-electron chi connectivity index (χ1n) is 4.97. The van der Waals surface area contributed by atoms with Gasteiger partial charge in [0.1, 0.15) is 0 Å². The molecular formula is C11H17BrClNO2. The average Bonchev–Trinajstić information content (AvgIpc) is 2.26. The largest absolute Gasteiger partial charge is 0.396 e. The Morgan fingerprint density at radius 3 is 2.62 bits per heavy atom. The summed E-state index contributed by atoms with van der Waals surface area (Å²) in [5.74, 6) is 0. The molecule has 3 nitrogen and oxygen atoms in total. The van der Waals surface area contributed by atoms with Gasteiger partial charge in [0.05, 0.1) is 6.10 Å². The standard InChI is InChI=1S/C11H16BrNO2.ClH/c12-10-5-1-3-9(11(15)7-13)8(10)4-2-6-14;/h1,3,5,11,14-15H,2,4,6-7,13H2;1H. The fourth-order valence-corrected chi connectivity index (χ4v) is 2.11. The van der Waals surface area contributed by atoms with Crippen LogP contribution in [0.5, 0.6) is 0 Å². The minimum Gasteiger partial charge on any atom is -0.396 e. The maximum Gasteiger partial charge on any atom is 0.0915 e. The van der Waals surface area contributed by atoms with Gasteiger partial charge in [-0.3, -0.25) is 0 Å². The van der Waals surface area contributed by atoms with Crippen LogP contribution in [-0.4, -0.2) is 23.4 Å². The van der Waals surface area contributed by atoms with E-state index in [1.54, 1.807) is 0 Å². The lowest BCUT2D eigenvalue weighted by atomic mass is 9.99. The maximum atomic E-state index is 9.73. The Morgan fingerprint density at radius 1 is 1.38 bits per heavy atom. The van der Waals surface area contributed by atoms with Crippen LogP contribution in [0.4, 0.5) is 0 Å². The topological polar surface area (TPSA) is 66.5 Å². The third kappa shape index (κ3) is 4.03. The summed E-state index contributed by atoms with van der Waals surface area (Å²) in [5.41, 5.74) is 7.32. The minimum atomic E-state index is -0.629. The Balaban J connectivity index is 0.00000225. The molecule has 0 amide bonds. The monoisotopic (exact) mass is 309 g/mol. The highest BCUT2D eigenvalue weighted by Crippen LogP contribution is 2.26. The molecule has 92 valence electrons. The summed E-state index contributed by atoms with van der Waals surface area (Å²) in [6.07, 6.45) is 0.799. The van der Waals surface area contributed by atoms with Gasteiger partial charge in [-0.1, -0.05) is 28.1 Å². The fourth-order valence-electron chi connectivity index (χ4n) is 1.53. The molecule has 0 heterocycles. The predicted octanol–water partition coefficient (Wildman–Crippen LogP) is 1.79. The van der Waals surface area contributed by atoms with E-state index in [1.165, 1.54) is 0 Å². The highest BCUT2D eigenvalue weighted by Gasteiger charge is 2.12. The van der Waals surface area contributed by atoms with Crippen LogP contribution in [-0.2, 0) is 6.42 Å². The number of aliphatic hydroxyl groups excluding tert-OH is 2. The van der Waals surface area contributed by atoms with Crippen molar-refractivity contribution >= 4 is 28.3 Å². The molecule has 0 saturated heterocycles. The molecule has 0 aliphatic heterocycles. The predicted molar refractivity (Wildman–Crippen MR) is 70.8 cm³/mol. The molecule has 16 heavy (non-hydrogen) atoms. The van der Waals surface area contributed by atoms with Gasteiger partial charge in [0.25, 0.3) is 0 Å². The molecule has 4 N–H and O–H groups in total. The van der Waals surface area contributed by atoms with E-state index in [0.29, 0.717) is 6.42 Å². The summed E-state index contributed by atoms with van der Waals surface area (Å²) in [6.45, 7) is 0.363. The van der Waals surface area contributed by atoms with Gasteiger partial charge in [-0.25, -0.2) is 0 Å². The Bertz CT molecular complexity index is 323. The number of aliphatic hydroxyl groups is 2. The molecule has 1 unspecified atom stereocenters. The van der Waals surface area contributed by atoms with Gasteiger partial charge in [-0.2, -0.15) is 0 Å². The molecule has 0 saturated carbocycles. The van der Waals surface area contributed by atoms with Gasteiger partial charge in [0.2, 0.25) is 0 Å². The lowest BCUT2D eigenvalue weighted by Gasteiger charge is -2.15. The quantitative estimate of drug-likeness (QED) is 0.777. The summed E-state index contributed by atoms with van der Waals surface area (Å²) in [7, 11) is 0. The number of nitrogens with two attached hydrogens (primary N) is 1. The van der Waals surface area contributed by atoms with Crippen molar-refractivity contribution in [3.8, 4) is 0 Å². The van der Waals surface area contributed by atoms with Crippen molar-refractivity contribution in [3.05, 3.63) is 33.8 Å². The van der Waals surface area contributed by atoms with Crippen LogP contribution in [0.1, 0.15) is 23.7 Å². The summed E-state index contributed by atoms with van der Waals surface area (Å²) in [5, 5.41) is 18.5. The minimum absolute atomic E-state index is 0. The van der Waals surface area contributed by atoms with Crippen molar-refractivity contribution < 1.29 is 10.2 Å². The number of rotatable bonds is 5. The smallest absolute Gasteiger partial charge is 0.0915 e. The third-order valence-electron chi connectivity index (χ3n) is 2.32. The van der Waals surface area contributed by atoms with Crippen LogP contribution in [0.25, 0.3) is 0 Å². The zero-order valence-corrected chi connectivity index (χ0v) is 11.3. The van der Waals surface area contributed by atoms with Crippen LogP contribution in [0.15, 0.2) is 22.7 Å². The first-order chi connectivity index (χ1) is 7.20. The number of hydrogen-bond donors (Lipinski definition) is 3. The Kier molecular flexibility index (Phi) is 7.97. The van der Waals surface area contributed by atoms with Crippen LogP contribution < -0.4 is 5.73 Å². The van der Waals surface area contributed by atoms with E-state index in [-0.39, 0.29) is 25.6 Å². The molecule has 1 atom stereocenters. The Hall–Kier alpha value is -0.130. The van der Waals surface area contributed by atoms with E-state index in [2.05, 4.69) is 15.9 Å². The van der Waals surface area contributed by atoms with E-state index < -0.39 is 6.10 Å². The number of benzene rings is 1. The Labute approximate surface area is 110 Å². The second-order valence-corrected chi connectivity index (χ2v) is 4.24. The average molecular weight is 311 g/mol. The van der Waals surface area contributed by atoms with Gasteiger partial charge in [-0.05, 0) is 30.0 Å². The highest BCUT2D eigenvalue weighted by molar-refractivity contribution is 9.10. The third-order valence-corrected chi connectivity index (χ3v) is 3.07. The molecule has 0 bridgehead atoms. The van der Waals surface area contributed by atoms with Gasteiger partial charge >= 0.3 is 0 Å². The van der Waals surface area contributed by atoms with Crippen molar-refractivity contribution in [1.82, 2.24) is 0 Å². The Morgan fingerprint density at radius 2 is 2.06 bits per heavy atom. The molecule has 1 aromatic carbocycles. The fraction of sp³-hybridized carbons (Fsp3) is 0.455. The zero-order valence-electron chi connectivity index (χ0n) is 8.90. The van der Waals surface area contributed by atoms with Gasteiger partial charge in [0, 0.05) is 17.6 Å². The molecule has 1 rings (SSSR count). The molecular weight excluding hydrogens is 293 g/mol. The van der Waals surface area contributed by atoms with Crippen molar-refractivity contribution in [1.29, 1.82) is 0 Å². The molecule has 0 radical (unpaired) electrons. The molecule has 5 heteroatoms. The molecule has 0 spiro atoms. The van der Waals surface area contributed by atoms with E-state index >= 15 is 0 Å². The lowest BCUT2D eigenvalue weighted by molar-refractivity contribution is 0.185. The molecule has 1 aromatic rings.